The van der Waals surface area contributed by atoms with Crippen molar-refractivity contribution < 1.29 is 4.74 Å². The Morgan fingerprint density at radius 2 is 1.88 bits per heavy atom. The topological polar surface area (TPSA) is 34.2 Å². The number of hydrazine groups is 2. The number of para-hydroxylation sites is 2. The Bertz CT molecular complexity index is 706. The number of ether oxygens (including phenoxy) is 1. The van der Waals surface area contributed by atoms with E-state index in [1.54, 1.807) is 7.11 Å². The largest absolute Gasteiger partial charge is 0.495 e. The predicted molar refractivity (Wildman–Crippen MR) is 104 cm³/mol. The average Bonchev–Trinajstić information content (AvgIpc) is 3.11. The van der Waals surface area contributed by atoms with Gasteiger partial charge in [-0.2, -0.15) is 0 Å². The number of methoxy groups -OCH3 is 1. The minimum Gasteiger partial charge on any atom is -0.495 e. The molecule has 6 heteroatoms. The van der Waals surface area contributed by atoms with Crippen LogP contribution in [-0.4, -0.2) is 61.3 Å². The second kappa shape index (κ2) is 7.85. The number of fused-ring (bicyclic) bond motifs is 1. The highest BCUT2D eigenvalue weighted by molar-refractivity contribution is 5.58. The molecular formula is C20H27N5O. The second-order valence-corrected chi connectivity index (χ2v) is 6.77. The lowest BCUT2D eigenvalue weighted by Gasteiger charge is -2.36. The first-order valence-corrected chi connectivity index (χ1v) is 9.33. The highest BCUT2D eigenvalue weighted by atomic mass is 16.5. The van der Waals surface area contributed by atoms with Crippen LogP contribution in [0.5, 0.6) is 5.75 Å². The van der Waals surface area contributed by atoms with Gasteiger partial charge in [0.15, 0.2) is 0 Å². The van der Waals surface area contributed by atoms with Crippen molar-refractivity contribution in [3.63, 3.8) is 0 Å². The molecule has 0 bridgehead atoms. The van der Waals surface area contributed by atoms with E-state index in [0.717, 1.165) is 51.4 Å². The maximum Gasteiger partial charge on any atom is 0.142 e. The fourth-order valence-electron chi connectivity index (χ4n) is 3.66. The summed E-state index contributed by atoms with van der Waals surface area (Å²) in [6, 6.07) is 8.30. The van der Waals surface area contributed by atoms with Crippen LogP contribution in [0.2, 0.25) is 0 Å². The molecule has 1 saturated heterocycles. The summed E-state index contributed by atoms with van der Waals surface area (Å²) < 4.78 is 5.50. The molecule has 1 aromatic rings. The smallest absolute Gasteiger partial charge is 0.142 e. The summed E-state index contributed by atoms with van der Waals surface area (Å²) in [5.74, 6) is 0.966. The van der Waals surface area contributed by atoms with Gasteiger partial charge in [-0.05, 0) is 30.7 Å². The second-order valence-electron chi connectivity index (χ2n) is 6.77. The summed E-state index contributed by atoms with van der Waals surface area (Å²) in [5.41, 5.74) is 5.77. The van der Waals surface area contributed by atoms with Gasteiger partial charge in [0.1, 0.15) is 5.75 Å². The van der Waals surface area contributed by atoms with E-state index in [-0.39, 0.29) is 0 Å². The molecule has 3 aliphatic rings. The SMILES string of the molecule is COc1ccccc1N1CCN(CCCN2C=C3C=CC=CN3N2)CC1. The van der Waals surface area contributed by atoms with Gasteiger partial charge in [-0.15, -0.1) is 5.53 Å². The van der Waals surface area contributed by atoms with Crippen LogP contribution in [0.25, 0.3) is 0 Å². The average molecular weight is 353 g/mol. The zero-order chi connectivity index (χ0) is 17.8. The number of hydrogen-bond acceptors (Lipinski definition) is 6. The fourth-order valence-corrected chi connectivity index (χ4v) is 3.66. The highest BCUT2D eigenvalue weighted by Gasteiger charge is 2.20. The molecule has 0 radical (unpaired) electrons. The lowest BCUT2D eigenvalue weighted by molar-refractivity contribution is 0.161. The normalized spacial score (nSPS) is 19.7. The van der Waals surface area contributed by atoms with Crippen LogP contribution >= 0.6 is 0 Å². The Kier molecular flexibility index (Phi) is 5.13. The van der Waals surface area contributed by atoms with Crippen molar-refractivity contribution in [1.29, 1.82) is 0 Å². The molecule has 0 atom stereocenters. The van der Waals surface area contributed by atoms with Gasteiger partial charge in [-0.3, -0.25) is 14.9 Å². The molecule has 1 aromatic carbocycles. The Hall–Kier alpha value is -2.44. The molecule has 0 aliphatic carbocycles. The quantitative estimate of drug-likeness (QED) is 0.844. The summed E-state index contributed by atoms with van der Waals surface area (Å²) in [6.45, 7) is 6.45. The van der Waals surface area contributed by atoms with E-state index < -0.39 is 0 Å². The summed E-state index contributed by atoms with van der Waals surface area (Å²) in [7, 11) is 1.75. The van der Waals surface area contributed by atoms with E-state index in [1.807, 2.05) is 29.4 Å². The number of nitrogens with zero attached hydrogens (tertiary/aromatic N) is 4. The third kappa shape index (κ3) is 3.71. The zero-order valence-electron chi connectivity index (χ0n) is 15.3. The Morgan fingerprint density at radius 1 is 1.04 bits per heavy atom. The monoisotopic (exact) mass is 353 g/mol. The van der Waals surface area contributed by atoms with Gasteiger partial charge < -0.3 is 9.64 Å². The highest BCUT2D eigenvalue weighted by Crippen LogP contribution is 2.28. The molecule has 4 rings (SSSR count). The zero-order valence-corrected chi connectivity index (χ0v) is 15.3. The summed E-state index contributed by atoms with van der Waals surface area (Å²) >= 11 is 0. The lowest BCUT2D eigenvalue weighted by Crippen LogP contribution is -2.47. The third-order valence-corrected chi connectivity index (χ3v) is 5.09. The molecule has 1 N–H and O–H groups in total. The molecule has 0 spiro atoms. The van der Waals surface area contributed by atoms with Crippen molar-refractivity contribution in [2.75, 3.05) is 51.3 Å². The van der Waals surface area contributed by atoms with Crippen LogP contribution in [-0.2, 0) is 0 Å². The van der Waals surface area contributed by atoms with E-state index in [9.17, 15) is 0 Å². The molecule has 3 aliphatic heterocycles. The van der Waals surface area contributed by atoms with Gasteiger partial charge in [0.25, 0.3) is 0 Å². The van der Waals surface area contributed by atoms with Gasteiger partial charge in [-0.25, -0.2) is 0 Å². The van der Waals surface area contributed by atoms with Gasteiger partial charge >= 0.3 is 0 Å². The van der Waals surface area contributed by atoms with Crippen molar-refractivity contribution in [1.82, 2.24) is 20.5 Å². The van der Waals surface area contributed by atoms with E-state index in [0.29, 0.717) is 0 Å². The molecule has 138 valence electrons. The molecule has 0 aromatic heterocycles. The first kappa shape index (κ1) is 17.0. The van der Waals surface area contributed by atoms with Crippen LogP contribution in [0, 0.1) is 0 Å². The molecule has 0 unspecified atom stereocenters. The van der Waals surface area contributed by atoms with Crippen LogP contribution in [0.3, 0.4) is 0 Å². The predicted octanol–water partition coefficient (Wildman–Crippen LogP) is 2.17. The maximum absolute atomic E-state index is 5.50. The Balaban J connectivity index is 1.21. The third-order valence-electron chi connectivity index (χ3n) is 5.09. The number of benzene rings is 1. The number of piperazine rings is 1. The molecule has 0 saturated carbocycles. The number of nitrogens with one attached hydrogen (secondary N) is 1. The summed E-state index contributed by atoms with van der Waals surface area (Å²) in [6.07, 6.45) is 11.6. The maximum atomic E-state index is 5.50. The number of allylic oxidation sites excluding steroid dienone is 3. The van der Waals surface area contributed by atoms with Gasteiger partial charge in [-0.1, -0.05) is 18.2 Å². The fraction of sp³-hybridized carbons (Fsp3) is 0.400. The van der Waals surface area contributed by atoms with Crippen LogP contribution in [0.15, 0.2) is 60.6 Å². The first-order chi connectivity index (χ1) is 12.8. The van der Waals surface area contributed by atoms with E-state index in [2.05, 4.69) is 50.8 Å². The van der Waals surface area contributed by atoms with Crippen molar-refractivity contribution in [2.24, 2.45) is 0 Å². The van der Waals surface area contributed by atoms with Crippen molar-refractivity contribution in [2.45, 2.75) is 6.42 Å². The first-order valence-electron chi connectivity index (χ1n) is 9.33. The molecule has 0 amide bonds. The number of rotatable bonds is 6. The van der Waals surface area contributed by atoms with E-state index in [4.69, 9.17) is 4.74 Å². The van der Waals surface area contributed by atoms with Gasteiger partial charge in [0.2, 0.25) is 0 Å². The Labute approximate surface area is 155 Å². The molecule has 26 heavy (non-hydrogen) atoms. The summed E-state index contributed by atoms with van der Waals surface area (Å²) in [5, 5.41) is 4.21. The number of hydrogen-bond donors (Lipinski definition) is 1. The summed E-state index contributed by atoms with van der Waals surface area (Å²) in [4.78, 5) is 4.99. The lowest BCUT2D eigenvalue weighted by atomic mass is 10.2. The number of anilines is 1. The van der Waals surface area contributed by atoms with Crippen LogP contribution < -0.4 is 15.2 Å². The van der Waals surface area contributed by atoms with Crippen LogP contribution in [0.1, 0.15) is 6.42 Å². The van der Waals surface area contributed by atoms with Crippen molar-refractivity contribution in [3.8, 4) is 5.75 Å². The molecular weight excluding hydrogens is 326 g/mol. The Morgan fingerprint density at radius 3 is 2.69 bits per heavy atom. The molecule has 1 fully saturated rings. The van der Waals surface area contributed by atoms with Gasteiger partial charge in [0, 0.05) is 51.7 Å². The van der Waals surface area contributed by atoms with Crippen molar-refractivity contribution in [3.05, 3.63) is 60.6 Å². The van der Waals surface area contributed by atoms with Gasteiger partial charge in [0.05, 0.1) is 18.5 Å². The minimum absolute atomic E-state index is 0.966. The van der Waals surface area contributed by atoms with E-state index in [1.165, 1.54) is 11.4 Å². The molecule has 6 nitrogen and oxygen atoms in total. The molecule has 3 heterocycles. The standard InChI is InChI=1S/C20H27N5O/c1-26-20-9-3-2-8-19(20)23-15-13-22(14-16-23)10-6-11-24-17-18-7-4-5-12-25(18)21-24/h2-5,7-9,12,17,21H,6,10-11,13-16H2,1H3. The van der Waals surface area contributed by atoms with E-state index >= 15 is 0 Å². The van der Waals surface area contributed by atoms with Crippen molar-refractivity contribution >= 4 is 5.69 Å². The van der Waals surface area contributed by atoms with Crippen LogP contribution in [0.4, 0.5) is 5.69 Å². The minimum atomic E-state index is 0.966.